The number of benzene rings is 1. The van der Waals surface area contributed by atoms with Crippen LogP contribution >= 0.6 is 0 Å². The first-order valence-corrected chi connectivity index (χ1v) is 12.8. The van der Waals surface area contributed by atoms with Crippen molar-refractivity contribution in [2.24, 2.45) is 0 Å². The van der Waals surface area contributed by atoms with E-state index in [1.54, 1.807) is 32.2 Å². The third kappa shape index (κ3) is 7.06. The molecule has 3 heterocycles. The van der Waals surface area contributed by atoms with Gasteiger partial charge >= 0.3 is 6.18 Å². The lowest BCUT2D eigenvalue weighted by atomic mass is 9.91. The Hall–Kier alpha value is -3.53. The third-order valence-corrected chi connectivity index (χ3v) is 6.94. The number of piperidine rings is 1. The predicted octanol–water partition coefficient (Wildman–Crippen LogP) is 5.12. The molecule has 2 aromatic heterocycles. The maximum atomic E-state index is 13.4. The zero-order valence-electron chi connectivity index (χ0n) is 22.0. The molecular weight excluding hydrogens is 489 g/mol. The molecule has 0 radical (unpaired) electrons. The number of alkyl halides is 3. The van der Waals surface area contributed by atoms with Gasteiger partial charge < -0.3 is 20.5 Å². The summed E-state index contributed by atoms with van der Waals surface area (Å²) >= 11 is 0. The fourth-order valence-corrected chi connectivity index (χ4v) is 4.58. The van der Waals surface area contributed by atoms with E-state index in [1.165, 1.54) is 0 Å². The smallest absolute Gasteiger partial charge is 0.373 e. The second-order valence-electron chi connectivity index (χ2n) is 10.4. The molecule has 6 nitrogen and oxygen atoms in total. The van der Waals surface area contributed by atoms with E-state index < -0.39 is 18.0 Å². The number of nitriles is 1. The molecular formula is C29H33F3N6. The van der Waals surface area contributed by atoms with Gasteiger partial charge in [0.05, 0.1) is 47.7 Å². The van der Waals surface area contributed by atoms with Crippen LogP contribution in [-0.4, -0.2) is 53.8 Å². The first-order valence-electron chi connectivity index (χ1n) is 12.8. The van der Waals surface area contributed by atoms with Crippen LogP contribution < -0.4 is 10.6 Å². The highest BCUT2D eigenvalue weighted by Gasteiger charge is 2.30. The van der Waals surface area contributed by atoms with Crippen molar-refractivity contribution >= 4 is 16.6 Å². The zero-order valence-corrected chi connectivity index (χ0v) is 22.0. The minimum Gasteiger partial charge on any atom is -0.373 e. The van der Waals surface area contributed by atoms with Crippen molar-refractivity contribution in [3.8, 4) is 17.9 Å². The molecule has 0 spiro atoms. The van der Waals surface area contributed by atoms with Crippen LogP contribution in [0.2, 0.25) is 0 Å². The van der Waals surface area contributed by atoms with E-state index in [9.17, 15) is 18.4 Å². The van der Waals surface area contributed by atoms with Gasteiger partial charge in [-0.15, -0.1) is 0 Å². The van der Waals surface area contributed by atoms with Crippen molar-refractivity contribution in [2.75, 3.05) is 32.0 Å². The van der Waals surface area contributed by atoms with E-state index in [2.05, 4.69) is 50.5 Å². The molecule has 1 aliphatic heterocycles. The van der Waals surface area contributed by atoms with Crippen molar-refractivity contribution in [3.63, 3.8) is 0 Å². The van der Waals surface area contributed by atoms with Crippen LogP contribution in [0.25, 0.3) is 10.9 Å². The molecule has 0 atom stereocenters. The summed E-state index contributed by atoms with van der Waals surface area (Å²) in [5.74, 6) is 5.82. The molecule has 0 amide bonds. The lowest BCUT2D eigenvalue weighted by Gasteiger charge is -2.29. The lowest BCUT2D eigenvalue weighted by molar-refractivity contribution is -0.127. The molecule has 1 fully saturated rings. The maximum Gasteiger partial charge on any atom is 0.393 e. The fraction of sp³-hybridized carbons (Fsp3) is 0.448. The minimum atomic E-state index is -4.34. The second kappa shape index (κ2) is 11.5. The van der Waals surface area contributed by atoms with Crippen LogP contribution in [0.1, 0.15) is 49.2 Å². The summed E-state index contributed by atoms with van der Waals surface area (Å²) in [5, 5.41) is 16.5. The average molecular weight is 523 g/mol. The summed E-state index contributed by atoms with van der Waals surface area (Å²) in [6.45, 7) is 6.61. The molecule has 1 aromatic carbocycles. The number of fused-ring (bicyclic) bond motifs is 1. The molecule has 0 aliphatic carbocycles. The van der Waals surface area contributed by atoms with Crippen molar-refractivity contribution in [1.29, 1.82) is 5.26 Å². The molecule has 0 unspecified atom stereocenters. The van der Waals surface area contributed by atoms with Gasteiger partial charge in [-0.1, -0.05) is 18.1 Å². The molecule has 1 aliphatic rings. The first-order chi connectivity index (χ1) is 18.0. The Morgan fingerprint density at radius 2 is 1.92 bits per heavy atom. The monoisotopic (exact) mass is 522 g/mol. The van der Waals surface area contributed by atoms with Crippen LogP contribution in [-0.2, 0) is 18.4 Å². The summed E-state index contributed by atoms with van der Waals surface area (Å²) in [4.78, 5) is 9.76. The van der Waals surface area contributed by atoms with Crippen molar-refractivity contribution in [2.45, 2.75) is 57.3 Å². The number of nitrogens with zero attached hydrogens (tertiary/aromatic N) is 3. The van der Waals surface area contributed by atoms with E-state index in [4.69, 9.17) is 0 Å². The zero-order chi connectivity index (χ0) is 27.3. The summed E-state index contributed by atoms with van der Waals surface area (Å²) < 4.78 is 40.2. The topological polar surface area (TPSA) is 79.8 Å². The van der Waals surface area contributed by atoms with Crippen LogP contribution in [0.3, 0.4) is 0 Å². The number of anilines is 1. The van der Waals surface area contributed by atoms with E-state index >= 15 is 0 Å². The number of rotatable bonds is 7. The number of aromatic amines is 1. The summed E-state index contributed by atoms with van der Waals surface area (Å²) in [7, 11) is 2.12. The highest BCUT2D eigenvalue weighted by atomic mass is 19.4. The highest BCUT2D eigenvalue weighted by molar-refractivity contribution is 5.86. The molecule has 38 heavy (non-hydrogen) atoms. The molecule has 0 bridgehead atoms. The molecule has 9 heteroatoms. The van der Waals surface area contributed by atoms with Crippen LogP contribution in [0, 0.1) is 23.2 Å². The number of halogens is 3. The maximum absolute atomic E-state index is 13.4. The van der Waals surface area contributed by atoms with Gasteiger partial charge in [0.25, 0.3) is 0 Å². The van der Waals surface area contributed by atoms with Crippen LogP contribution in [0.15, 0.2) is 36.5 Å². The number of aromatic nitrogens is 2. The Kier molecular flexibility index (Phi) is 8.30. The van der Waals surface area contributed by atoms with Crippen LogP contribution in [0.4, 0.5) is 18.9 Å². The molecule has 1 saturated heterocycles. The largest absolute Gasteiger partial charge is 0.393 e. The molecule has 200 valence electrons. The van der Waals surface area contributed by atoms with E-state index in [1.807, 2.05) is 18.2 Å². The van der Waals surface area contributed by atoms with Crippen LogP contribution in [0.5, 0.6) is 0 Å². The molecule has 4 rings (SSSR count). The Labute approximate surface area is 221 Å². The fourth-order valence-electron chi connectivity index (χ4n) is 4.58. The number of likely N-dealkylation sites (tertiary alicyclic amines) is 1. The van der Waals surface area contributed by atoms with Crippen molar-refractivity contribution in [1.82, 2.24) is 20.2 Å². The standard InChI is InChI=1S/C29H33F3N6/c1-28(2,19-33)27-9-7-22(18-36-27)34-12-4-5-25-24(16-29(30,31)32)23-8-6-20(15-26(23)37-25)17-35-21-10-13-38(3)14-11-21/h6-9,15,18,21,34-35,37H,10-14,16-17H2,1-3H3. The Bertz CT molecular complexity index is 1350. The van der Waals surface area contributed by atoms with Gasteiger partial charge in [-0.3, -0.25) is 4.98 Å². The van der Waals surface area contributed by atoms with Crippen molar-refractivity contribution in [3.05, 3.63) is 59.0 Å². The Morgan fingerprint density at radius 1 is 1.16 bits per heavy atom. The number of pyridine rings is 1. The van der Waals surface area contributed by atoms with Gasteiger partial charge in [-0.2, -0.15) is 18.4 Å². The van der Waals surface area contributed by atoms with E-state index in [-0.39, 0.29) is 17.8 Å². The lowest BCUT2D eigenvalue weighted by Crippen LogP contribution is -2.40. The first kappa shape index (κ1) is 27.5. The molecule has 3 aromatic rings. The van der Waals surface area contributed by atoms with Gasteiger partial charge in [0, 0.05) is 29.1 Å². The SMILES string of the molecule is CN1CCC(NCc2ccc3c(CC(F)(F)F)c(C#CCNc4ccc(C(C)(C)C#N)nc4)[nH]c3c2)CC1. The average Bonchev–Trinajstić information content (AvgIpc) is 3.21. The predicted molar refractivity (Wildman–Crippen MR) is 144 cm³/mol. The Morgan fingerprint density at radius 3 is 2.58 bits per heavy atom. The van der Waals surface area contributed by atoms with E-state index in [0.29, 0.717) is 34.9 Å². The molecule has 0 saturated carbocycles. The Balaban J connectivity index is 1.47. The number of hydrogen-bond donors (Lipinski definition) is 3. The van der Waals surface area contributed by atoms with E-state index in [0.717, 1.165) is 31.5 Å². The third-order valence-electron chi connectivity index (χ3n) is 6.94. The second-order valence-corrected chi connectivity index (χ2v) is 10.4. The number of nitrogens with one attached hydrogen (secondary N) is 3. The summed E-state index contributed by atoms with van der Waals surface area (Å²) in [6, 6.07) is 11.8. The number of H-pyrrole nitrogens is 1. The summed E-state index contributed by atoms with van der Waals surface area (Å²) in [5.41, 5.74) is 2.81. The number of hydrogen-bond acceptors (Lipinski definition) is 5. The van der Waals surface area contributed by atoms with Gasteiger partial charge in [0.15, 0.2) is 0 Å². The highest BCUT2D eigenvalue weighted by Crippen LogP contribution is 2.30. The molecule has 3 N–H and O–H groups in total. The summed E-state index contributed by atoms with van der Waals surface area (Å²) in [6.07, 6.45) is -1.60. The normalized spacial score (nSPS) is 15.2. The quantitative estimate of drug-likeness (QED) is 0.376. The van der Waals surface area contributed by atoms with Crippen molar-refractivity contribution < 1.29 is 13.2 Å². The minimum absolute atomic E-state index is 0.166. The van der Waals surface area contributed by atoms with Gasteiger partial charge in [0.1, 0.15) is 0 Å². The van der Waals surface area contributed by atoms with Gasteiger partial charge in [-0.05, 0) is 76.5 Å². The van der Waals surface area contributed by atoms with Gasteiger partial charge in [0.2, 0.25) is 0 Å². The van der Waals surface area contributed by atoms with Gasteiger partial charge in [-0.25, -0.2) is 0 Å².